The summed E-state index contributed by atoms with van der Waals surface area (Å²) in [7, 11) is 0. The lowest BCUT2D eigenvalue weighted by Crippen LogP contribution is -1.94. The summed E-state index contributed by atoms with van der Waals surface area (Å²) in [5.41, 5.74) is 2.18. The van der Waals surface area contributed by atoms with Crippen LogP contribution >= 0.6 is 23.2 Å². The van der Waals surface area contributed by atoms with Gasteiger partial charge in [-0.15, -0.1) is 0 Å². The maximum absolute atomic E-state index is 10.9. The molecule has 1 aromatic heterocycles. The Morgan fingerprint density at radius 1 is 1.15 bits per heavy atom. The number of carbonyl (C=O) groups is 1. The second kappa shape index (κ2) is 4.81. The minimum absolute atomic E-state index is 0.199. The molecule has 3 aromatic rings. The van der Waals surface area contributed by atoms with Gasteiger partial charge in [0.2, 0.25) is 0 Å². The summed E-state index contributed by atoms with van der Waals surface area (Å²) in [4.78, 5) is 18.4. The van der Waals surface area contributed by atoms with Gasteiger partial charge in [-0.25, -0.2) is 9.78 Å². The number of hydrogen-bond acceptors (Lipinski definition) is 2. The molecule has 0 fully saturated rings. The van der Waals surface area contributed by atoms with Gasteiger partial charge in [-0.1, -0.05) is 23.2 Å². The van der Waals surface area contributed by atoms with Crippen molar-refractivity contribution in [1.29, 1.82) is 0 Å². The average molecular weight is 307 g/mol. The lowest BCUT2D eigenvalue weighted by atomic mass is 10.2. The number of hydrogen-bond donors (Lipinski definition) is 2. The Balaban J connectivity index is 2.17. The highest BCUT2D eigenvalue weighted by Crippen LogP contribution is 2.30. The smallest absolute Gasteiger partial charge is 0.335 e. The minimum Gasteiger partial charge on any atom is -0.478 e. The van der Waals surface area contributed by atoms with E-state index in [1.54, 1.807) is 24.3 Å². The predicted molar refractivity (Wildman–Crippen MR) is 78.5 cm³/mol. The van der Waals surface area contributed by atoms with E-state index >= 15 is 0 Å². The molecule has 4 nitrogen and oxygen atoms in total. The van der Waals surface area contributed by atoms with Crippen LogP contribution in [0.15, 0.2) is 36.4 Å². The largest absolute Gasteiger partial charge is 0.478 e. The number of imidazole rings is 1. The van der Waals surface area contributed by atoms with E-state index in [9.17, 15) is 4.79 Å². The zero-order chi connectivity index (χ0) is 14.3. The maximum atomic E-state index is 10.9. The highest BCUT2D eigenvalue weighted by molar-refractivity contribution is 6.35. The fraction of sp³-hybridized carbons (Fsp3) is 0. The van der Waals surface area contributed by atoms with Crippen molar-refractivity contribution in [2.24, 2.45) is 0 Å². The third kappa shape index (κ3) is 2.24. The van der Waals surface area contributed by atoms with Crippen LogP contribution in [0.25, 0.3) is 22.4 Å². The summed E-state index contributed by atoms with van der Waals surface area (Å²) >= 11 is 12.1. The number of rotatable bonds is 2. The Bertz CT molecular complexity index is 827. The molecule has 2 aromatic carbocycles. The Morgan fingerprint density at radius 3 is 2.70 bits per heavy atom. The van der Waals surface area contributed by atoms with Gasteiger partial charge in [0.25, 0.3) is 0 Å². The molecule has 100 valence electrons. The molecule has 0 bridgehead atoms. The summed E-state index contributed by atoms with van der Waals surface area (Å²) in [5.74, 6) is -0.432. The number of nitrogens with zero attached hydrogens (tertiary/aromatic N) is 1. The second-order valence-electron chi connectivity index (χ2n) is 4.25. The Labute approximate surface area is 124 Å². The van der Waals surface area contributed by atoms with Crippen molar-refractivity contribution in [3.05, 3.63) is 52.0 Å². The molecule has 6 heteroatoms. The van der Waals surface area contributed by atoms with Crippen LogP contribution in [-0.2, 0) is 0 Å². The predicted octanol–water partition coefficient (Wildman–Crippen LogP) is 4.23. The van der Waals surface area contributed by atoms with Gasteiger partial charge in [-0.2, -0.15) is 0 Å². The molecule has 2 N–H and O–H groups in total. The van der Waals surface area contributed by atoms with Gasteiger partial charge >= 0.3 is 5.97 Å². The van der Waals surface area contributed by atoms with Crippen molar-refractivity contribution in [1.82, 2.24) is 9.97 Å². The Hall–Kier alpha value is -2.04. The molecule has 20 heavy (non-hydrogen) atoms. The van der Waals surface area contributed by atoms with E-state index in [1.807, 2.05) is 0 Å². The molecule has 0 saturated carbocycles. The lowest BCUT2D eigenvalue weighted by Gasteiger charge is -2.00. The molecule has 0 atom stereocenters. The van der Waals surface area contributed by atoms with Gasteiger partial charge in [0.15, 0.2) is 0 Å². The first-order chi connectivity index (χ1) is 9.54. The van der Waals surface area contributed by atoms with Crippen LogP contribution in [0.1, 0.15) is 10.4 Å². The minimum atomic E-state index is -0.983. The number of fused-ring (bicyclic) bond motifs is 1. The van der Waals surface area contributed by atoms with Crippen molar-refractivity contribution < 1.29 is 9.90 Å². The number of nitrogens with one attached hydrogen (secondary N) is 1. The number of aromatic amines is 1. The average Bonchev–Trinajstić information content (AvgIpc) is 2.83. The van der Waals surface area contributed by atoms with Crippen molar-refractivity contribution in [2.75, 3.05) is 0 Å². The normalized spacial score (nSPS) is 10.9. The topological polar surface area (TPSA) is 66.0 Å². The Morgan fingerprint density at radius 2 is 1.95 bits per heavy atom. The molecule has 3 rings (SSSR count). The molecule has 0 spiro atoms. The van der Waals surface area contributed by atoms with E-state index in [0.29, 0.717) is 32.5 Å². The van der Waals surface area contributed by atoms with Gasteiger partial charge < -0.3 is 10.1 Å². The second-order valence-corrected chi connectivity index (χ2v) is 5.09. The van der Waals surface area contributed by atoms with Gasteiger partial charge in [0.1, 0.15) is 5.82 Å². The van der Waals surface area contributed by atoms with Crippen molar-refractivity contribution in [3.63, 3.8) is 0 Å². The summed E-state index contributed by atoms with van der Waals surface area (Å²) in [6, 6.07) is 9.78. The van der Waals surface area contributed by atoms with E-state index in [2.05, 4.69) is 9.97 Å². The monoisotopic (exact) mass is 306 g/mol. The van der Waals surface area contributed by atoms with Crippen LogP contribution in [0.4, 0.5) is 0 Å². The number of carboxylic acid groups (broad SMARTS) is 1. The zero-order valence-electron chi connectivity index (χ0n) is 10.0. The fourth-order valence-electron chi connectivity index (χ4n) is 1.95. The molecule has 1 heterocycles. The van der Waals surface area contributed by atoms with Gasteiger partial charge in [-0.05, 0) is 36.4 Å². The van der Waals surface area contributed by atoms with Gasteiger partial charge in [0.05, 0.1) is 21.6 Å². The van der Waals surface area contributed by atoms with Crippen molar-refractivity contribution >= 4 is 40.2 Å². The maximum Gasteiger partial charge on any atom is 0.335 e. The summed E-state index contributed by atoms with van der Waals surface area (Å²) in [5, 5.41) is 10.0. The first kappa shape index (κ1) is 13.0. The fourth-order valence-corrected chi connectivity index (χ4v) is 2.33. The van der Waals surface area contributed by atoms with E-state index in [4.69, 9.17) is 28.3 Å². The van der Waals surface area contributed by atoms with Gasteiger partial charge in [-0.3, -0.25) is 0 Å². The van der Waals surface area contributed by atoms with Crippen LogP contribution in [0.3, 0.4) is 0 Å². The molecule has 0 aliphatic heterocycles. The van der Waals surface area contributed by atoms with Crippen LogP contribution in [-0.4, -0.2) is 21.0 Å². The van der Waals surface area contributed by atoms with Crippen molar-refractivity contribution in [2.45, 2.75) is 0 Å². The van der Waals surface area contributed by atoms with E-state index in [1.165, 1.54) is 12.1 Å². The van der Waals surface area contributed by atoms with Crippen LogP contribution in [0.2, 0.25) is 10.0 Å². The number of aromatic nitrogens is 2. The summed E-state index contributed by atoms with van der Waals surface area (Å²) < 4.78 is 0. The number of aromatic carboxylic acids is 1. The summed E-state index contributed by atoms with van der Waals surface area (Å²) in [6.45, 7) is 0. The molecule has 0 unspecified atom stereocenters. The molecular weight excluding hydrogens is 299 g/mol. The van der Waals surface area contributed by atoms with E-state index < -0.39 is 5.97 Å². The third-order valence-electron chi connectivity index (χ3n) is 2.91. The first-order valence-corrected chi connectivity index (χ1v) is 6.48. The lowest BCUT2D eigenvalue weighted by molar-refractivity contribution is 0.0697. The molecule has 0 aliphatic carbocycles. The quantitative estimate of drug-likeness (QED) is 0.744. The number of benzene rings is 2. The highest BCUT2D eigenvalue weighted by atomic mass is 35.5. The van der Waals surface area contributed by atoms with Crippen LogP contribution < -0.4 is 0 Å². The third-order valence-corrected chi connectivity index (χ3v) is 3.48. The molecule has 0 saturated heterocycles. The molecular formula is C14H8Cl2N2O2. The first-order valence-electron chi connectivity index (χ1n) is 5.73. The number of carboxylic acids is 1. The van der Waals surface area contributed by atoms with E-state index in [-0.39, 0.29) is 5.56 Å². The Kier molecular flexibility index (Phi) is 3.12. The number of H-pyrrole nitrogens is 1. The molecule has 0 radical (unpaired) electrons. The van der Waals surface area contributed by atoms with Crippen LogP contribution in [0.5, 0.6) is 0 Å². The number of halogens is 2. The summed E-state index contributed by atoms with van der Waals surface area (Å²) in [6.07, 6.45) is 0. The SMILES string of the molecule is O=C(O)c1ccc2nc(-c3cc(Cl)ccc3Cl)[nH]c2c1. The van der Waals surface area contributed by atoms with Gasteiger partial charge in [0, 0.05) is 10.6 Å². The standard InChI is InChI=1S/C14H8Cl2N2O2/c15-8-2-3-10(16)9(6-8)13-17-11-4-1-7(14(19)20)5-12(11)18-13/h1-6H,(H,17,18)(H,19,20). The molecule has 0 amide bonds. The zero-order valence-corrected chi connectivity index (χ0v) is 11.5. The van der Waals surface area contributed by atoms with E-state index in [0.717, 1.165) is 0 Å². The highest BCUT2D eigenvalue weighted by Gasteiger charge is 2.11. The van der Waals surface area contributed by atoms with Crippen LogP contribution in [0, 0.1) is 0 Å². The van der Waals surface area contributed by atoms with Crippen molar-refractivity contribution in [3.8, 4) is 11.4 Å². The molecule has 0 aliphatic rings.